The molecule has 1 aliphatic heterocycles. The lowest BCUT2D eigenvalue weighted by Gasteiger charge is -2.31. The van der Waals surface area contributed by atoms with E-state index in [1.54, 1.807) is 0 Å². The van der Waals surface area contributed by atoms with Gasteiger partial charge in [0.25, 0.3) is 0 Å². The Morgan fingerprint density at radius 1 is 1.05 bits per heavy atom. The summed E-state index contributed by atoms with van der Waals surface area (Å²) < 4.78 is 1.10. The molecule has 3 heteroatoms. The third-order valence-electron chi connectivity index (χ3n) is 4.76. The fraction of sp³-hybridized carbons (Fsp3) is 0.588. The van der Waals surface area contributed by atoms with Crippen LogP contribution in [0.2, 0.25) is 0 Å². The van der Waals surface area contributed by atoms with E-state index in [9.17, 15) is 4.79 Å². The zero-order chi connectivity index (χ0) is 13.9. The largest absolute Gasteiger partial charge is 0.339 e. The van der Waals surface area contributed by atoms with Gasteiger partial charge in [0.05, 0.1) is 0 Å². The van der Waals surface area contributed by atoms with Crippen LogP contribution in [0.5, 0.6) is 0 Å². The highest BCUT2D eigenvalue weighted by Gasteiger charge is 2.35. The minimum Gasteiger partial charge on any atom is -0.339 e. The Hall–Kier alpha value is -0.830. The van der Waals surface area contributed by atoms with E-state index in [1.807, 2.05) is 0 Å². The highest BCUT2D eigenvalue weighted by atomic mass is 79.9. The second kappa shape index (κ2) is 6.30. The quantitative estimate of drug-likeness (QED) is 0.811. The first-order valence-corrected chi connectivity index (χ1v) is 8.58. The first kappa shape index (κ1) is 14.1. The van der Waals surface area contributed by atoms with E-state index in [2.05, 4.69) is 45.1 Å². The minimum absolute atomic E-state index is 0.207. The van der Waals surface area contributed by atoms with Crippen LogP contribution in [0.25, 0.3) is 0 Å². The zero-order valence-corrected chi connectivity index (χ0v) is 13.4. The summed E-state index contributed by atoms with van der Waals surface area (Å²) in [6.45, 7) is 0.977. The second-order valence-electron chi connectivity index (χ2n) is 6.14. The Labute approximate surface area is 129 Å². The molecular weight excluding hydrogens is 314 g/mol. The third-order valence-corrected chi connectivity index (χ3v) is 5.29. The number of halogens is 1. The Kier molecular flexibility index (Phi) is 4.45. The summed E-state index contributed by atoms with van der Waals surface area (Å²) in [5, 5.41) is 0. The van der Waals surface area contributed by atoms with Crippen molar-refractivity contribution in [1.82, 2.24) is 4.90 Å². The number of likely N-dealkylation sites (tertiary alicyclic amines) is 1. The van der Waals surface area contributed by atoms with Crippen molar-refractivity contribution in [2.75, 3.05) is 6.54 Å². The van der Waals surface area contributed by atoms with Crippen molar-refractivity contribution in [3.8, 4) is 0 Å². The van der Waals surface area contributed by atoms with E-state index in [-0.39, 0.29) is 5.92 Å². The summed E-state index contributed by atoms with van der Waals surface area (Å²) in [7, 11) is 0. The second-order valence-corrected chi connectivity index (χ2v) is 7.06. The summed E-state index contributed by atoms with van der Waals surface area (Å²) >= 11 is 3.46. The van der Waals surface area contributed by atoms with Gasteiger partial charge in [0, 0.05) is 23.0 Å². The van der Waals surface area contributed by atoms with Gasteiger partial charge >= 0.3 is 0 Å². The normalized spacial score (nSPS) is 24.4. The summed E-state index contributed by atoms with van der Waals surface area (Å²) in [6.07, 6.45) is 8.31. The predicted octanol–water partition coefficient (Wildman–Crippen LogP) is 4.17. The molecule has 0 bridgehead atoms. The molecule has 1 heterocycles. The van der Waals surface area contributed by atoms with Gasteiger partial charge in [-0.15, -0.1) is 0 Å². The van der Waals surface area contributed by atoms with E-state index in [0.29, 0.717) is 11.9 Å². The number of benzene rings is 1. The summed E-state index contributed by atoms with van der Waals surface area (Å²) in [5.41, 5.74) is 1.28. The Balaban J connectivity index is 1.61. The van der Waals surface area contributed by atoms with Gasteiger partial charge in [0.1, 0.15) is 0 Å². The van der Waals surface area contributed by atoms with Gasteiger partial charge in [-0.25, -0.2) is 0 Å². The maximum Gasteiger partial charge on any atom is 0.226 e. The average molecular weight is 336 g/mol. The third kappa shape index (κ3) is 3.08. The highest BCUT2D eigenvalue weighted by Crippen LogP contribution is 2.30. The van der Waals surface area contributed by atoms with E-state index in [1.165, 1.54) is 37.7 Å². The molecule has 2 nitrogen and oxygen atoms in total. The van der Waals surface area contributed by atoms with Crippen LogP contribution < -0.4 is 0 Å². The van der Waals surface area contributed by atoms with Crippen molar-refractivity contribution < 1.29 is 4.79 Å². The Morgan fingerprint density at radius 3 is 2.45 bits per heavy atom. The molecule has 1 atom stereocenters. The lowest BCUT2D eigenvalue weighted by atomic mass is 9.94. The predicted molar refractivity (Wildman–Crippen MR) is 84.5 cm³/mol. The highest BCUT2D eigenvalue weighted by molar-refractivity contribution is 9.10. The van der Waals surface area contributed by atoms with E-state index < -0.39 is 0 Å². The number of nitrogens with zero attached hydrogens (tertiary/aromatic N) is 1. The number of rotatable bonds is 3. The van der Waals surface area contributed by atoms with Gasteiger partial charge in [-0.1, -0.05) is 47.3 Å². The zero-order valence-electron chi connectivity index (χ0n) is 11.9. The van der Waals surface area contributed by atoms with E-state index >= 15 is 0 Å². The van der Waals surface area contributed by atoms with Gasteiger partial charge in [-0.05, 0) is 43.4 Å². The molecule has 20 heavy (non-hydrogen) atoms. The van der Waals surface area contributed by atoms with Crippen molar-refractivity contribution in [2.24, 2.45) is 5.92 Å². The van der Waals surface area contributed by atoms with Crippen LogP contribution in [0.1, 0.15) is 44.1 Å². The molecule has 2 aliphatic rings. The molecule has 1 saturated heterocycles. The summed E-state index contributed by atoms with van der Waals surface area (Å²) in [4.78, 5) is 14.8. The Bertz CT molecular complexity index is 464. The van der Waals surface area contributed by atoms with Crippen LogP contribution in [-0.4, -0.2) is 23.4 Å². The van der Waals surface area contributed by atoms with Crippen LogP contribution in [0.4, 0.5) is 0 Å². The molecule has 0 radical (unpaired) electrons. The Morgan fingerprint density at radius 2 is 1.75 bits per heavy atom. The molecule has 2 fully saturated rings. The van der Waals surface area contributed by atoms with Gasteiger partial charge in [0.15, 0.2) is 0 Å². The number of amides is 1. The van der Waals surface area contributed by atoms with Gasteiger partial charge in [-0.3, -0.25) is 4.79 Å². The molecule has 3 rings (SSSR count). The molecule has 0 spiro atoms. The number of carbonyl (C=O) groups is 1. The molecular formula is C17H22BrNO. The molecule has 1 amide bonds. The lowest BCUT2D eigenvalue weighted by Crippen LogP contribution is -2.39. The average Bonchev–Trinajstić information content (AvgIpc) is 2.84. The van der Waals surface area contributed by atoms with Crippen LogP contribution >= 0.6 is 15.9 Å². The van der Waals surface area contributed by atoms with Crippen molar-refractivity contribution in [3.05, 3.63) is 34.3 Å². The fourth-order valence-corrected chi connectivity index (χ4v) is 3.88. The SMILES string of the molecule is O=C1C(Cc2ccc(Br)cc2)CCN1C1CCCCC1. The summed E-state index contributed by atoms with van der Waals surface area (Å²) in [5.74, 6) is 0.609. The fourth-order valence-electron chi connectivity index (χ4n) is 3.61. The molecule has 1 aromatic carbocycles. The number of carbonyl (C=O) groups excluding carboxylic acids is 1. The maximum absolute atomic E-state index is 12.6. The van der Waals surface area contributed by atoms with Crippen LogP contribution in [0.3, 0.4) is 0 Å². The van der Waals surface area contributed by atoms with Crippen LogP contribution in [0.15, 0.2) is 28.7 Å². The molecule has 0 N–H and O–H groups in total. The molecule has 1 unspecified atom stereocenters. The molecule has 0 aromatic heterocycles. The van der Waals surface area contributed by atoms with Gasteiger partial charge in [-0.2, -0.15) is 0 Å². The van der Waals surface area contributed by atoms with Crippen LogP contribution in [-0.2, 0) is 11.2 Å². The van der Waals surface area contributed by atoms with Crippen molar-refractivity contribution >= 4 is 21.8 Å². The minimum atomic E-state index is 0.207. The van der Waals surface area contributed by atoms with Crippen LogP contribution in [0, 0.1) is 5.92 Å². The summed E-state index contributed by atoms with van der Waals surface area (Å²) in [6, 6.07) is 8.91. The van der Waals surface area contributed by atoms with Gasteiger partial charge in [0.2, 0.25) is 5.91 Å². The molecule has 1 saturated carbocycles. The lowest BCUT2D eigenvalue weighted by molar-refractivity contribution is -0.133. The maximum atomic E-state index is 12.6. The number of hydrogen-bond donors (Lipinski definition) is 0. The molecule has 108 valence electrons. The molecule has 1 aliphatic carbocycles. The van der Waals surface area contributed by atoms with Crippen molar-refractivity contribution in [3.63, 3.8) is 0 Å². The molecule has 1 aromatic rings. The van der Waals surface area contributed by atoms with E-state index in [0.717, 1.165) is 23.9 Å². The standard InChI is InChI=1S/C17H22BrNO/c18-15-8-6-13(7-9-15)12-14-10-11-19(17(14)20)16-4-2-1-3-5-16/h6-9,14,16H,1-5,10-12H2. The van der Waals surface area contributed by atoms with Crippen molar-refractivity contribution in [1.29, 1.82) is 0 Å². The first-order chi connectivity index (χ1) is 9.74. The van der Waals surface area contributed by atoms with Crippen molar-refractivity contribution in [2.45, 2.75) is 51.0 Å². The van der Waals surface area contributed by atoms with Gasteiger partial charge < -0.3 is 4.90 Å². The monoisotopic (exact) mass is 335 g/mol. The first-order valence-electron chi connectivity index (χ1n) is 7.79. The topological polar surface area (TPSA) is 20.3 Å². The smallest absolute Gasteiger partial charge is 0.226 e. The number of hydrogen-bond acceptors (Lipinski definition) is 1. The van der Waals surface area contributed by atoms with E-state index in [4.69, 9.17) is 0 Å².